The SMILES string of the molecule is CSCCC#CC1OC1C. The summed E-state index contributed by atoms with van der Waals surface area (Å²) in [6.45, 7) is 2.05. The minimum atomic E-state index is 0.252. The summed E-state index contributed by atoms with van der Waals surface area (Å²) >= 11 is 1.83. The van der Waals surface area contributed by atoms with Crippen LogP contribution in [0.25, 0.3) is 0 Å². The Hall–Kier alpha value is -0.130. The third-order valence-electron chi connectivity index (χ3n) is 1.39. The second kappa shape index (κ2) is 3.90. The highest BCUT2D eigenvalue weighted by Gasteiger charge is 2.31. The van der Waals surface area contributed by atoms with Gasteiger partial charge < -0.3 is 4.74 Å². The molecule has 1 nitrogen and oxygen atoms in total. The lowest BCUT2D eigenvalue weighted by Gasteiger charge is -1.82. The van der Waals surface area contributed by atoms with Gasteiger partial charge in [-0.1, -0.05) is 11.8 Å². The monoisotopic (exact) mass is 156 g/mol. The maximum Gasteiger partial charge on any atom is 0.144 e. The van der Waals surface area contributed by atoms with Gasteiger partial charge in [-0.25, -0.2) is 0 Å². The number of rotatable bonds is 2. The van der Waals surface area contributed by atoms with Crippen molar-refractivity contribution in [2.45, 2.75) is 25.6 Å². The van der Waals surface area contributed by atoms with E-state index in [1.54, 1.807) is 0 Å². The summed E-state index contributed by atoms with van der Waals surface area (Å²) < 4.78 is 5.12. The van der Waals surface area contributed by atoms with Crippen molar-refractivity contribution in [2.24, 2.45) is 0 Å². The van der Waals surface area contributed by atoms with Crippen molar-refractivity contribution in [2.75, 3.05) is 12.0 Å². The lowest BCUT2D eigenvalue weighted by molar-refractivity contribution is 0.403. The van der Waals surface area contributed by atoms with Crippen molar-refractivity contribution in [3.8, 4) is 11.8 Å². The Kier molecular flexibility index (Phi) is 3.11. The molecule has 10 heavy (non-hydrogen) atoms. The van der Waals surface area contributed by atoms with Crippen LogP contribution in [0.1, 0.15) is 13.3 Å². The van der Waals surface area contributed by atoms with Gasteiger partial charge in [0, 0.05) is 12.2 Å². The standard InChI is InChI=1S/C8H12OS/c1-7-8(9-7)5-3-4-6-10-2/h7-8H,4,6H2,1-2H3. The van der Waals surface area contributed by atoms with E-state index in [9.17, 15) is 0 Å². The van der Waals surface area contributed by atoms with Crippen molar-refractivity contribution >= 4 is 11.8 Å². The van der Waals surface area contributed by atoms with E-state index in [0.29, 0.717) is 6.10 Å². The average molecular weight is 156 g/mol. The van der Waals surface area contributed by atoms with Crippen LogP contribution in [-0.4, -0.2) is 24.2 Å². The molecule has 0 aromatic carbocycles. The van der Waals surface area contributed by atoms with E-state index in [1.165, 1.54) is 0 Å². The van der Waals surface area contributed by atoms with Crippen LogP contribution in [0.5, 0.6) is 0 Å². The first kappa shape index (κ1) is 7.97. The fourth-order valence-electron chi connectivity index (χ4n) is 0.663. The minimum absolute atomic E-state index is 0.252. The largest absolute Gasteiger partial charge is 0.356 e. The fourth-order valence-corrected chi connectivity index (χ4v) is 0.969. The Morgan fingerprint density at radius 1 is 1.60 bits per heavy atom. The summed E-state index contributed by atoms with van der Waals surface area (Å²) in [6, 6.07) is 0. The Bertz CT molecular complexity index is 156. The normalized spacial score (nSPS) is 29.0. The Labute approximate surface area is 66.5 Å². The zero-order valence-electron chi connectivity index (χ0n) is 6.39. The van der Waals surface area contributed by atoms with E-state index >= 15 is 0 Å². The van der Waals surface area contributed by atoms with Crippen LogP contribution in [0.15, 0.2) is 0 Å². The molecule has 2 heteroatoms. The van der Waals surface area contributed by atoms with Crippen molar-refractivity contribution in [3.63, 3.8) is 0 Å². The molecule has 0 aromatic rings. The summed E-state index contributed by atoms with van der Waals surface area (Å²) in [4.78, 5) is 0. The Morgan fingerprint density at radius 2 is 2.30 bits per heavy atom. The van der Waals surface area contributed by atoms with E-state index in [4.69, 9.17) is 4.74 Å². The topological polar surface area (TPSA) is 12.5 Å². The van der Waals surface area contributed by atoms with E-state index in [-0.39, 0.29) is 6.10 Å². The summed E-state index contributed by atoms with van der Waals surface area (Å²) in [5, 5.41) is 0. The van der Waals surface area contributed by atoms with Crippen LogP contribution < -0.4 is 0 Å². The van der Waals surface area contributed by atoms with Crippen LogP contribution in [0, 0.1) is 11.8 Å². The molecule has 0 radical (unpaired) electrons. The van der Waals surface area contributed by atoms with Gasteiger partial charge in [0.1, 0.15) is 6.10 Å². The second-order valence-electron chi connectivity index (χ2n) is 2.33. The number of thioether (sulfide) groups is 1. The molecule has 1 aliphatic heterocycles. The quantitative estimate of drug-likeness (QED) is 0.341. The molecule has 0 amide bonds. The third kappa shape index (κ3) is 2.64. The van der Waals surface area contributed by atoms with Crippen LogP contribution in [0.3, 0.4) is 0 Å². The van der Waals surface area contributed by atoms with Crippen LogP contribution in [0.2, 0.25) is 0 Å². The molecule has 0 saturated carbocycles. The number of ether oxygens (including phenoxy) is 1. The number of epoxide rings is 1. The molecule has 0 N–H and O–H groups in total. The van der Waals surface area contributed by atoms with Crippen LogP contribution in [0.4, 0.5) is 0 Å². The first-order valence-electron chi connectivity index (χ1n) is 3.47. The molecule has 1 fully saturated rings. The average Bonchev–Trinajstić information content (AvgIpc) is 2.60. The predicted molar refractivity (Wildman–Crippen MR) is 45.1 cm³/mol. The third-order valence-corrected chi connectivity index (χ3v) is 2.00. The first-order chi connectivity index (χ1) is 4.84. The van der Waals surface area contributed by atoms with Crippen molar-refractivity contribution in [1.82, 2.24) is 0 Å². The highest BCUT2D eigenvalue weighted by atomic mass is 32.2. The highest BCUT2D eigenvalue weighted by Crippen LogP contribution is 2.19. The maximum absolute atomic E-state index is 5.12. The van der Waals surface area contributed by atoms with Crippen molar-refractivity contribution in [3.05, 3.63) is 0 Å². The molecular formula is C8H12OS. The molecule has 2 unspecified atom stereocenters. The van der Waals surface area contributed by atoms with Gasteiger partial charge >= 0.3 is 0 Å². The van der Waals surface area contributed by atoms with Gasteiger partial charge in [0.2, 0.25) is 0 Å². The van der Waals surface area contributed by atoms with Crippen LogP contribution in [-0.2, 0) is 4.74 Å². The first-order valence-corrected chi connectivity index (χ1v) is 4.87. The summed E-state index contributed by atoms with van der Waals surface area (Å²) in [5.74, 6) is 7.27. The molecule has 56 valence electrons. The van der Waals surface area contributed by atoms with Gasteiger partial charge in [0.25, 0.3) is 0 Å². The fraction of sp³-hybridized carbons (Fsp3) is 0.750. The second-order valence-corrected chi connectivity index (χ2v) is 3.31. The van der Waals surface area contributed by atoms with Gasteiger partial charge in [0.05, 0.1) is 6.10 Å². The molecule has 1 saturated heterocycles. The van der Waals surface area contributed by atoms with Gasteiger partial charge in [-0.2, -0.15) is 11.8 Å². The Balaban J connectivity index is 2.03. The highest BCUT2D eigenvalue weighted by molar-refractivity contribution is 7.98. The lowest BCUT2D eigenvalue weighted by atomic mass is 10.3. The van der Waals surface area contributed by atoms with E-state index < -0.39 is 0 Å². The summed E-state index contributed by atoms with van der Waals surface area (Å²) in [6.07, 6.45) is 3.73. The smallest absolute Gasteiger partial charge is 0.144 e. The molecule has 0 aromatic heterocycles. The number of hydrogen-bond donors (Lipinski definition) is 0. The van der Waals surface area contributed by atoms with E-state index in [0.717, 1.165) is 12.2 Å². The Morgan fingerprint density at radius 3 is 2.80 bits per heavy atom. The molecule has 0 bridgehead atoms. The molecule has 1 aliphatic rings. The zero-order valence-corrected chi connectivity index (χ0v) is 7.20. The zero-order chi connectivity index (χ0) is 7.40. The molecule has 1 rings (SSSR count). The van der Waals surface area contributed by atoms with E-state index in [2.05, 4.69) is 18.1 Å². The molecule has 0 spiro atoms. The summed E-state index contributed by atoms with van der Waals surface area (Å²) in [7, 11) is 0. The van der Waals surface area contributed by atoms with Crippen LogP contribution >= 0.6 is 11.8 Å². The summed E-state index contributed by atoms with van der Waals surface area (Å²) in [5.41, 5.74) is 0. The molecule has 1 heterocycles. The predicted octanol–water partition coefficient (Wildman–Crippen LogP) is 1.53. The lowest BCUT2D eigenvalue weighted by Crippen LogP contribution is -1.82. The number of hydrogen-bond acceptors (Lipinski definition) is 2. The van der Waals surface area contributed by atoms with Gasteiger partial charge in [-0.05, 0) is 13.2 Å². The minimum Gasteiger partial charge on any atom is -0.356 e. The van der Waals surface area contributed by atoms with E-state index in [1.807, 2.05) is 18.7 Å². The van der Waals surface area contributed by atoms with Gasteiger partial charge in [-0.3, -0.25) is 0 Å². The molecule has 0 aliphatic carbocycles. The van der Waals surface area contributed by atoms with Gasteiger partial charge in [0.15, 0.2) is 0 Å². The van der Waals surface area contributed by atoms with Crippen molar-refractivity contribution < 1.29 is 4.74 Å². The maximum atomic E-state index is 5.12. The molecule has 2 atom stereocenters. The van der Waals surface area contributed by atoms with Gasteiger partial charge in [-0.15, -0.1) is 0 Å². The molecular weight excluding hydrogens is 144 g/mol. The van der Waals surface area contributed by atoms with Crippen molar-refractivity contribution in [1.29, 1.82) is 0 Å².